The Morgan fingerprint density at radius 2 is 1.58 bits per heavy atom. The zero-order valence-corrected chi connectivity index (χ0v) is 37.9. The number of ketones is 1. The van der Waals surface area contributed by atoms with E-state index in [1.807, 2.05) is 32.9 Å². The van der Waals surface area contributed by atoms with E-state index in [1.54, 1.807) is 11.0 Å². The lowest BCUT2D eigenvalue weighted by molar-refractivity contribution is -0.152. The number of fused-ring (bicyclic) bond motifs is 2. The molecule has 6 amide bonds. The van der Waals surface area contributed by atoms with Crippen molar-refractivity contribution >= 4 is 52.9 Å². The summed E-state index contributed by atoms with van der Waals surface area (Å²) in [6.07, 6.45) is 14.4. The van der Waals surface area contributed by atoms with Crippen LogP contribution in [0.2, 0.25) is 0 Å². The molecule has 4 fully saturated rings. The van der Waals surface area contributed by atoms with Crippen molar-refractivity contribution in [3.63, 3.8) is 0 Å². The maximum absolute atomic E-state index is 14.2. The molecule has 3 aliphatic heterocycles. The number of carbonyl (C=O) groups excluding carboxylic acids is 7. The third-order valence-corrected chi connectivity index (χ3v) is 14.2. The van der Waals surface area contributed by atoms with Gasteiger partial charge < -0.3 is 30.9 Å². The number of nitrogens with zero attached hydrogens (tertiary/aromatic N) is 4. The maximum Gasteiger partial charge on any atom is 0.326 e. The fourth-order valence-electron chi connectivity index (χ4n) is 10.6. The molecule has 2 saturated heterocycles. The number of hydrogen-bond acceptors (Lipinski definition) is 11. The van der Waals surface area contributed by atoms with Gasteiger partial charge in [0, 0.05) is 49.3 Å². The van der Waals surface area contributed by atoms with Crippen LogP contribution in [0, 0.1) is 23.2 Å². The molecule has 0 spiro atoms. The monoisotopic (exact) mass is 896 g/mol. The number of Topliss-reactive ketones (excluding diaryl/α,β-unsaturated/α-hetero) is 1. The molecule has 6 atom stereocenters. The highest BCUT2D eigenvalue weighted by Gasteiger charge is 2.52. The van der Waals surface area contributed by atoms with Crippen molar-refractivity contribution in [2.24, 2.45) is 23.2 Å². The number of rotatable bonds is 18. The Labute approximate surface area is 380 Å². The molecule has 4 heterocycles. The average molecular weight is 897 g/mol. The Balaban J connectivity index is 0.862. The van der Waals surface area contributed by atoms with E-state index in [2.05, 4.69) is 31.2 Å². The molecule has 1 aromatic heterocycles. The van der Waals surface area contributed by atoms with Gasteiger partial charge in [0.05, 0.1) is 12.4 Å². The largest absolute Gasteiger partial charge is 0.480 e. The van der Waals surface area contributed by atoms with Crippen LogP contribution in [0.3, 0.4) is 0 Å². The number of piperidine rings is 1. The molecule has 1 unspecified atom stereocenters. The predicted octanol–water partition coefficient (Wildman–Crippen LogP) is 4.79. The van der Waals surface area contributed by atoms with E-state index in [4.69, 9.17) is 0 Å². The molecule has 1 aromatic carbocycles. The number of aromatic nitrogens is 2. The molecule has 5 N–H and O–H groups in total. The minimum absolute atomic E-state index is 0.0428. The molecule has 2 saturated carbocycles. The number of imide groups is 1. The van der Waals surface area contributed by atoms with Crippen LogP contribution in [0.5, 0.6) is 0 Å². The third-order valence-electron chi connectivity index (χ3n) is 14.2. The van der Waals surface area contributed by atoms with E-state index < -0.39 is 59.2 Å². The molecular weight excluding hydrogens is 833 g/mol. The van der Waals surface area contributed by atoms with E-state index in [-0.39, 0.29) is 59.6 Å². The standard InChI is InChI=1S/C48H64N8O9/c1-48(2,3)41(46(63)56-26-29-16-12-17-30(29)40(56)47(64)65)54-44(61)39(28-14-8-7-9-15-28)53-42(59)35-25-50-34(24-51-35)37(57)20-10-5-4-6-11-23-49-33-19-13-18-31-32(33)27-55(45(31)62)36-21-22-38(58)52-43(36)60/h13,18-19,24-25,28-30,36,39-41,49H,4-12,14-17,20-23,26-27H2,1-3H3,(H,53,59)(H,54,61)(H,64,65)(H,52,58,60)/t29-,30-,36?,39-,40-,41+/m0/s1. The van der Waals surface area contributed by atoms with Crippen molar-refractivity contribution in [3.05, 3.63) is 53.1 Å². The fourth-order valence-corrected chi connectivity index (χ4v) is 10.6. The van der Waals surface area contributed by atoms with Gasteiger partial charge in [-0.25, -0.2) is 14.8 Å². The van der Waals surface area contributed by atoms with Crippen LogP contribution in [0.25, 0.3) is 0 Å². The predicted molar refractivity (Wildman–Crippen MR) is 238 cm³/mol. The van der Waals surface area contributed by atoms with E-state index in [0.29, 0.717) is 50.9 Å². The summed E-state index contributed by atoms with van der Waals surface area (Å²) in [5, 5.41) is 21.8. The fraction of sp³-hybridized carbons (Fsp3) is 0.625. The van der Waals surface area contributed by atoms with E-state index in [0.717, 1.165) is 75.5 Å². The normalized spacial score (nSPS) is 23.0. The summed E-state index contributed by atoms with van der Waals surface area (Å²) in [5.74, 6) is -3.86. The van der Waals surface area contributed by atoms with Crippen molar-refractivity contribution < 1.29 is 43.5 Å². The Morgan fingerprint density at radius 1 is 0.862 bits per heavy atom. The number of anilines is 1. The van der Waals surface area contributed by atoms with Crippen molar-refractivity contribution in [1.29, 1.82) is 0 Å². The number of hydrogen-bond donors (Lipinski definition) is 5. The first kappa shape index (κ1) is 47.2. The molecule has 0 bridgehead atoms. The zero-order valence-electron chi connectivity index (χ0n) is 37.9. The molecule has 2 aliphatic carbocycles. The van der Waals surface area contributed by atoms with Gasteiger partial charge in [-0.1, -0.05) is 71.8 Å². The maximum atomic E-state index is 14.2. The highest BCUT2D eigenvalue weighted by atomic mass is 16.4. The smallest absolute Gasteiger partial charge is 0.326 e. The van der Waals surface area contributed by atoms with Crippen LogP contribution < -0.4 is 21.3 Å². The van der Waals surface area contributed by atoms with Crippen LogP contribution in [0.1, 0.15) is 160 Å². The minimum Gasteiger partial charge on any atom is -0.480 e. The average Bonchev–Trinajstić information content (AvgIpc) is 3.99. The first-order chi connectivity index (χ1) is 31.1. The quantitative estimate of drug-likeness (QED) is 0.0772. The number of aliphatic carboxylic acids is 1. The Bertz CT molecular complexity index is 2150. The number of carboxylic acids is 1. The van der Waals surface area contributed by atoms with Gasteiger partial charge in [0.1, 0.15) is 35.6 Å². The lowest BCUT2D eigenvalue weighted by atomic mass is 9.82. The zero-order chi connectivity index (χ0) is 46.4. The summed E-state index contributed by atoms with van der Waals surface area (Å²) >= 11 is 0. The molecule has 17 nitrogen and oxygen atoms in total. The summed E-state index contributed by atoms with van der Waals surface area (Å²) < 4.78 is 0. The van der Waals surface area contributed by atoms with Gasteiger partial charge in [-0.05, 0) is 80.2 Å². The van der Waals surface area contributed by atoms with E-state index in [9.17, 15) is 43.5 Å². The molecule has 65 heavy (non-hydrogen) atoms. The second-order valence-corrected chi connectivity index (χ2v) is 19.7. The third kappa shape index (κ3) is 10.9. The molecule has 17 heteroatoms. The van der Waals surface area contributed by atoms with E-state index in [1.165, 1.54) is 17.3 Å². The summed E-state index contributed by atoms with van der Waals surface area (Å²) in [6.45, 7) is 6.85. The number of amides is 6. The van der Waals surface area contributed by atoms with Crippen molar-refractivity contribution in [3.8, 4) is 0 Å². The molecule has 350 valence electrons. The molecule has 7 rings (SSSR count). The summed E-state index contributed by atoms with van der Waals surface area (Å²) in [4.78, 5) is 116. The number of benzene rings is 1. The number of carbonyl (C=O) groups is 8. The van der Waals surface area contributed by atoms with Gasteiger partial charge in [0.25, 0.3) is 11.8 Å². The first-order valence-electron chi connectivity index (χ1n) is 23.6. The number of carboxylic acid groups (broad SMARTS) is 1. The lowest BCUT2D eigenvalue weighted by Crippen LogP contribution is -2.61. The van der Waals surface area contributed by atoms with Crippen LogP contribution in [0.4, 0.5) is 5.69 Å². The number of nitrogens with one attached hydrogen (secondary N) is 4. The Morgan fingerprint density at radius 3 is 2.29 bits per heavy atom. The summed E-state index contributed by atoms with van der Waals surface area (Å²) in [6, 6.07) is 1.94. The van der Waals surface area contributed by atoms with Gasteiger partial charge in [0.15, 0.2) is 5.78 Å². The van der Waals surface area contributed by atoms with Crippen LogP contribution >= 0.6 is 0 Å². The highest BCUT2D eigenvalue weighted by molar-refractivity contribution is 6.06. The van der Waals surface area contributed by atoms with Crippen LogP contribution in [0.15, 0.2) is 30.6 Å². The van der Waals surface area contributed by atoms with Crippen molar-refractivity contribution in [2.75, 3.05) is 18.4 Å². The first-order valence-corrected chi connectivity index (χ1v) is 23.6. The van der Waals surface area contributed by atoms with Gasteiger partial charge >= 0.3 is 5.97 Å². The second kappa shape index (κ2) is 20.6. The van der Waals surface area contributed by atoms with Gasteiger partial charge in [-0.2, -0.15) is 0 Å². The minimum atomic E-state index is -1.03. The van der Waals surface area contributed by atoms with E-state index >= 15 is 0 Å². The molecular formula is C48H64N8O9. The summed E-state index contributed by atoms with van der Waals surface area (Å²) in [7, 11) is 0. The van der Waals surface area contributed by atoms with Crippen LogP contribution in [-0.4, -0.2) is 109 Å². The van der Waals surface area contributed by atoms with Crippen molar-refractivity contribution in [1.82, 2.24) is 35.7 Å². The second-order valence-electron chi connectivity index (χ2n) is 19.7. The van der Waals surface area contributed by atoms with Gasteiger partial charge in [-0.3, -0.25) is 38.9 Å². The molecule has 5 aliphatic rings. The van der Waals surface area contributed by atoms with Gasteiger partial charge in [0.2, 0.25) is 23.6 Å². The SMILES string of the molecule is CC(C)(C)[C@H](NC(=O)[C@@H](NC(=O)c1cnc(C(=O)CCCCCCCNc2cccc3c2CN(C2CCC(=O)NC2=O)C3=O)cn1)C1CCCCC1)C(=O)N1C[C@@H]2CCC[C@@H]2[C@H]1C(=O)O. The number of likely N-dealkylation sites (tertiary alicyclic amines) is 1. The molecule has 2 aromatic rings. The van der Waals surface area contributed by atoms with Crippen LogP contribution in [-0.2, 0) is 30.5 Å². The van der Waals surface area contributed by atoms with Crippen molar-refractivity contribution in [2.45, 2.75) is 154 Å². The van der Waals surface area contributed by atoms with Gasteiger partial charge in [-0.15, -0.1) is 0 Å². The Kier molecular flexibility index (Phi) is 15.0. The topological polar surface area (TPSA) is 237 Å². The molecule has 0 radical (unpaired) electrons. The highest BCUT2D eigenvalue weighted by Crippen LogP contribution is 2.43. The Hall–Kier alpha value is -5.74. The summed E-state index contributed by atoms with van der Waals surface area (Å²) in [5.41, 5.74) is 1.62. The number of unbranched alkanes of at least 4 members (excludes halogenated alkanes) is 4. The lowest BCUT2D eigenvalue weighted by Gasteiger charge is -2.37.